The summed E-state index contributed by atoms with van der Waals surface area (Å²) in [6.45, 7) is 1.78. The lowest BCUT2D eigenvalue weighted by Crippen LogP contribution is -2.31. The number of carbonyl (C=O) groups excluding carboxylic acids is 1. The molecule has 1 atom stereocenters. The molecule has 4 nitrogen and oxygen atoms in total. The topological polar surface area (TPSA) is 66.6 Å². The highest BCUT2D eigenvalue weighted by atomic mass is 16.3. The lowest BCUT2D eigenvalue weighted by molar-refractivity contribution is -0.115. The third-order valence-corrected chi connectivity index (χ3v) is 3.02. The molecule has 0 aromatic heterocycles. The van der Waals surface area contributed by atoms with E-state index < -0.39 is 12.0 Å². The van der Waals surface area contributed by atoms with Gasteiger partial charge in [-0.05, 0) is 13.0 Å². The zero-order valence-corrected chi connectivity index (χ0v) is 9.27. The van der Waals surface area contributed by atoms with E-state index >= 15 is 0 Å². The first-order valence-electron chi connectivity index (χ1n) is 5.05. The second kappa shape index (κ2) is 3.64. The van der Waals surface area contributed by atoms with Crippen molar-refractivity contribution < 1.29 is 9.90 Å². The van der Waals surface area contributed by atoms with Gasteiger partial charge in [0.15, 0.2) is 0 Å². The van der Waals surface area contributed by atoms with Gasteiger partial charge in [0.25, 0.3) is 0 Å². The van der Waals surface area contributed by atoms with E-state index in [1.54, 1.807) is 13.0 Å². The minimum absolute atomic E-state index is 0.265. The first-order valence-corrected chi connectivity index (χ1v) is 5.05. The molecule has 16 heavy (non-hydrogen) atoms. The van der Waals surface area contributed by atoms with Gasteiger partial charge < -0.3 is 15.7 Å². The normalized spacial score (nSPS) is 19.7. The average molecular weight is 218 g/mol. The van der Waals surface area contributed by atoms with Gasteiger partial charge in [0.2, 0.25) is 5.91 Å². The van der Waals surface area contributed by atoms with Crippen LogP contribution in [-0.2, 0) is 4.79 Å². The monoisotopic (exact) mass is 218 g/mol. The largest absolute Gasteiger partial charge is 0.383 e. The maximum Gasteiger partial charge on any atom is 0.249 e. The molecule has 0 saturated carbocycles. The zero-order chi connectivity index (χ0) is 11.9. The van der Waals surface area contributed by atoms with Gasteiger partial charge >= 0.3 is 0 Å². The fraction of sp³-hybridized carbons (Fsp3) is 0.250. The number of hydrogen-bond donors (Lipinski definition) is 2. The van der Waals surface area contributed by atoms with Gasteiger partial charge in [-0.25, -0.2) is 0 Å². The van der Waals surface area contributed by atoms with E-state index in [4.69, 9.17) is 5.73 Å². The van der Waals surface area contributed by atoms with Crippen LogP contribution in [0.4, 0.5) is 5.69 Å². The molecule has 0 fully saturated rings. The number of fused-ring (bicyclic) bond motifs is 1. The Morgan fingerprint density at radius 2 is 2.06 bits per heavy atom. The van der Waals surface area contributed by atoms with Crippen molar-refractivity contribution in [3.05, 3.63) is 41.1 Å². The third-order valence-electron chi connectivity index (χ3n) is 3.02. The molecule has 1 aliphatic rings. The summed E-state index contributed by atoms with van der Waals surface area (Å²) in [7, 11) is 1.85. The Hall–Kier alpha value is -1.81. The van der Waals surface area contributed by atoms with Gasteiger partial charge in [-0.15, -0.1) is 0 Å². The average Bonchev–Trinajstić information content (AvgIpc) is 2.26. The molecule has 1 aromatic carbocycles. The smallest absolute Gasteiger partial charge is 0.249 e. The van der Waals surface area contributed by atoms with E-state index in [2.05, 4.69) is 0 Å². The van der Waals surface area contributed by atoms with Crippen molar-refractivity contribution in [1.82, 2.24) is 0 Å². The minimum Gasteiger partial charge on any atom is -0.383 e. The number of para-hydroxylation sites is 1. The Labute approximate surface area is 94.0 Å². The Kier molecular flexibility index (Phi) is 2.44. The summed E-state index contributed by atoms with van der Waals surface area (Å²) in [5.74, 6) is -0.577. The molecule has 3 N–H and O–H groups in total. The number of rotatable bonds is 1. The van der Waals surface area contributed by atoms with Crippen molar-refractivity contribution in [3.8, 4) is 0 Å². The van der Waals surface area contributed by atoms with Crippen molar-refractivity contribution in [3.63, 3.8) is 0 Å². The predicted molar refractivity (Wildman–Crippen MR) is 61.7 cm³/mol. The van der Waals surface area contributed by atoms with E-state index in [9.17, 15) is 9.90 Å². The highest BCUT2D eigenvalue weighted by Crippen LogP contribution is 2.38. The molecule has 0 aliphatic carbocycles. The summed E-state index contributed by atoms with van der Waals surface area (Å²) in [6.07, 6.45) is -0.926. The van der Waals surface area contributed by atoms with Gasteiger partial charge in [-0.1, -0.05) is 18.2 Å². The summed E-state index contributed by atoms with van der Waals surface area (Å²) < 4.78 is 0. The molecule has 84 valence electrons. The van der Waals surface area contributed by atoms with E-state index in [0.29, 0.717) is 11.3 Å². The number of amides is 1. The maximum atomic E-state index is 11.3. The van der Waals surface area contributed by atoms with Crippen LogP contribution in [0.25, 0.3) is 0 Å². The minimum atomic E-state index is -0.926. The Morgan fingerprint density at radius 3 is 2.69 bits per heavy atom. The fourth-order valence-electron chi connectivity index (χ4n) is 2.05. The molecule has 1 aliphatic heterocycles. The molecule has 1 aromatic rings. The van der Waals surface area contributed by atoms with Crippen LogP contribution in [-0.4, -0.2) is 18.1 Å². The summed E-state index contributed by atoms with van der Waals surface area (Å²) in [4.78, 5) is 13.2. The van der Waals surface area contributed by atoms with Gasteiger partial charge in [0.05, 0.1) is 5.57 Å². The second-order valence-corrected chi connectivity index (χ2v) is 3.88. The number of nitrogens with two attached hydrogens (primary N) is 1. The number of primary amides is 1. The number of allylic oxidation sites excluding steroid dienone is 1. The van der Waals surface area contributed by atoms with Gasteiger partial charge in [-0.3, -0.25) is 4.79 Å². The van der Waals surface area contributed by atoms with Gasteiger partial charge in [0, 0.05) is 24.0 Å². The summed E-state index contributed by atoms with van der Waals surface area (Å²) in [5.41, 5.74) is 7.86. The molecule has 2 rings (SSSR count). The first-order chi connectivity index (χ1) is 7.54. The molecule has 1 amide bonds. The first kappa shape index (κ1) is 10.7. The van der Waals surface area contributed by atoms with Crippen molar-refractivity contribution >= 4 is 11.6 Å². The van der Waals surface area contributed by atoms with Crippen LogP contribution in [0.2, 0.25) is 0 Å². The van der Waals surface area contributed by atoms with Crippen LogP contribution >= 0.6 is 0 Å². The number of hydrogen-bond acceptors (Lipinski definition) is 3. The Bertz CT molecular complexity index is 480. The number of aliphatic hydroxyl groups excluding tert-OH is 1. The van der Waals surface area contributed by atoms with Gasteiger partial charge in [0.1, 0.15) is 6.10 Å². The number of benzene rings is 1. The van der Waals surface area contributed by atoms with E-state index in [0.717, 1.165) is 5.69 Å². The summed E-state index contributed by atoms with van der Waals surface area (Å²) in [6, 6.07) is 7.42. The molecular formula is C12H14N2O2. The van der Waals surface area contributed by atoms with Crippen molar-refractivity contribution in [1.29, 1.82) is 0 Å². The van der Waals surface area contributed by atoms with Crippen LogP contribution in [0, 0.1) is 0 Å². The lowest BCUT2D eigenvalue weighted by atomic mass is 9.93. The molecule has 0 radical (unpaired) electrons. The summed E-state index contributed by atoms with van der Waals surface area (Å²) >= 11 is 0. The van der Waals surface area contributed by atoms with Gasteiger partial charge in [-0.2, -0.15) is 0 Å². The lowest BCUT2D eigenvalue weighted by Gasteiger charge is -2.32. The molecule has 0 bridgehead atoms. The molecule has 0 saturated heterocycles. The molecule has 1 heterocycles. The maximum absolute atomic E-state index is 11.3. The van der Waals surface area contributed by atoms with Crippen LogP contribution in [0.15, 0.2) is 35.5 Å². The SMILES string of the molecule is CC1=C(C(N)=O)C(O)c2ccccc2N1C. The van der Waals surface area contributed by atoms with Crippen molar-refractivity contribution in [2.45, 2.75) is 13.0 Å². The van der Waals surface area contributed by atoms with Crippen LogP contribution in [0.5, 0.6) is 0 Å². The van der Waals surface area contributed by atoms with Crippen LogP contribution < -0.4 is 10.6 Å². The third kappa shape index (κ3) is 1.39. The number of carbonyl (C=O) groups is 1. The van der Waals surface area contributed by atoms with Crippen LogP contribution in [0.1, 0.15) is 18.6 Å². The number of nitrogens with zero attached hydrogens (tertiary/aromatic N) is 1. The fourth-order valence-corrected chi connectivity index (χ4v) is 2.05. The molecule has 0 spiro atoms. The zero-order valence-electron chi connectivity index (χ0n) is 9.27. The molecule has 1 unspecified atom stereocenters. The summed E-state index contributed by atoms with van der Waals surface area (Å²) in [5, 5.41) is 10.1. The Morgan fingerprint density at radius 1 is 1.44 bits per heavy atom. The standard InChI is InChI=1S/C12H14N2O2/c1-7-10(12(13)16)11(15)8-5-3-4-6-9(8)14(7)2/h3-6,11,15H,1-2H3,(H2,13,16). The predicted octanol–water partition coefficient (Wildman–Crippen LogP) is 0.929. The highest BCUT2D eigenvalue weighted by molar-refractivity contribution is 5.96. The van der Waals surface area contributed by atoms with Crippen molar-refractivity contribution in [2.24, 2.45) is 5.73 Å². The van der Waals surface area contributed by atoms with E-state index in [1.807, 2.05) is 30.1 Å². The number of anilines is 1. The van der Waals surface area contributed by atoms with Crippen molar-refractivity contribution in [2.75, 3.05) is 11.9 Å². The van der Waals surface area contributed by atoms with E-state index in [-0.39, 0.29) is 5.57 Å². The van der Waals surface area contributed by atoms with E-state index in [1.165, 1.54) is 0 Å². The Balaban J connectivity index is 2.63. The highest BCUT2D eigenvalue weighted by Gasteiger charge is 2.30. The second-order valence-electron chi connectivity index (χ2n) is 3.88. The quantitative estimate of drug-likeness (QED) is 0.737. The molecule has 4 heteroatoms. The number of aliphatic hydroxyl groups is 1. The molecular weight excluding hydrogens is 204 g/mol. The van der Waals surface area contributed by atoms with Crippen LogP contribution in [0.3, 0.4) is 0 Å².